The third kappa shape index (κ3) is 3.71. The SMILES string of the molecule is Clc1ccc(CSc2nnc(C3C4CC5CC(C4)CC3C5)n2-c2ccccc2)cc1Cl. The van der Waals surface area contributed by atoms with Gasteiger partial charge in [0, 0.05) is 17.4 Å². The van der Waals surface area contributed by atoms with Crippen LogP contribution < -0.4 is 0 Å². The number of halogens is 2. The van der Waals surface area contributed by atoms with Crippen LogP contribution in [-0.4, -0.2) is 14.8 Å². The Kier molecular flexibility index (Phi) is 5.28. The monoisotopic (exact) mass is 469 g/mol. The average molecular weight is 470 g/mol. The first-order chi connectivity index (χ1) is 15.2. The van der Waals surface area contributed by atoms with Gasteiger partial charge in [-0.15, -0.1) is 10.2 Å². The van der Waals surface area contributed by atoms with Crippen molar-refractivity contribution in [2.24, 2.45) is 23.7 Å². The Morgan fingerprint density at radius 1 is 0.839 bits per heavy atom. The van der Waals surface area contributed by atoms with Gasteiger partial charge >= 0.3 is 0 Å². The van der Waals surface area contributed by atoms with E-state index >= 15 is 0 Å². The van der Waals surface area contributed by atoms with Crippen LogP contribution in [0.2, 0.25) is 10.0 Å². The molecule has 3 nitrogen and oxygen atoms in total. The second kappa shape index (κ2) is 8.13. The topological polar surface area (TPSA) is 30.7 Å². The summed E-state index contributed by atoms with van der Waals surface area (Å²) in [7, 11) is 0. The van der Waals surface area contributed by atoms with Gasteiger partial charge in [-0.2, -0.15) is 0 Å². The van der Waals surface area contributed by atoms with Crippen molar-refractivity contribution in [1.82, 2.24) is 14.8 Å². The molecule has 4 fully saturated rings. The minimum absolute atomic E-state index is 0.542. The Morgan fingerprint density at radius 3 is 2.23 bits per heavy atom. The normalized spacial score (nSPS) is 28.9. The largest absolute Gasteiger partial charge is 0.274 e. The third-order valence-corrected chi connectivity index (χ3v) is 9.29. The van der Waals surface area contributed by atoms with Gasteiger partial charge in [0.05, 0.1) is 10.0 Å². The van der Waals surface area contributed by atoms with Crippen molar-refractivity contribution in [2.45, 2.75) is 48.9 Å². The first kappa shape index (κ1) is 20.1. The maximum absolute atomic E-state index is 6.22. The zero-order chi connectivity index (χ0) is 20.9. The van der Waals surface area contributed by atoms with E-state index in [0.717, 1.165) is 45.8 Å². The van der Waals surface area contributed by atoms with Crippen LogP contribution in [0.4, 0.5) is 0 Å². The van der Waals surface area contributed by atoms with E-state index in [1.54, 1.807) is 11.8 Å². The molecule has 4 saturated carbocycles. The lowest BCUT2D eigenvalue weighted by Crippen LogP contribution is -2.44. The molecule has 4 aliphatic rings. The molecule has 3 aromatic rings. The van der Waals surface area contributed by atoms with Gasteiger partial charge in [-0.1, -0.05) is 59.2 Å². The molecule has 0 atom stereocenters. The number of benzene rings is 2. The van der Waals surface area contributed by atoms with Crippen LogP contribution in [0.5, 0.6) is 0 Å². The summed E-state index contributed by atoms with van der Waals surface area (Å²) in [5, 5.41) is 11.7. The fourth-order valence-corrected chi connectivity index (χ4v) is 7.76. The van der Waals surface area contributed by atoms with E-state index in [-0.39, 0.29) is 0 Å². The summed E-state index contributed by atoms with van der Waals surface area (Å²) < 4.78 is 2.33. The van der Waals surface area contributed by atoms with Crippen molar-refractivity contribution in [3.63, 3.8) is 0 Å². The highest BCUT2D eigenvalue weighted by Gasteiger charge is 2.50. The van der Waals surface area contributed by atoms with Gasteiger partial charge < -0.3 is 0 Å². The summed E-state index contributed by atoms with van der Waals surface area (Å²) in [6.45, 7) is 0. The summed E-state index contributed by atoms with van der Waals surface area (Å²) in [4.78, 5) is 0. The molecule has 0 saturated heterocycles. The van der Waals surface area contributed by atoms with Gasteiger partial charge in [-0.05, 0) is 85.6 Å². The molecule has 31 heavy (non-hydrogen) atoms. The summed E-state index contributed by atoms with van der Waals surface area (Å²) in [5.74, 6) is 5.96. The number of nitrogens with zero attached hydrogens (tertiary/aromatic N) is 3. The molecule has 6 heteroatoms. The van der Waals surface area contributed by atoms with Crippen molar-refractivity contribution < 1.29 is 0 Å². The van der Waals surface area contributed by atoms with Crippen molar-refractivity contribution in [2.75, 3.05) is 0 Å². The van der Waals surface area contributed by atoms with Crippen molar-refractivity contribution in [3.8, 4) is 5.69 Å². The highest BCUT2D eigenvalue weighted by Crippen LogP contribution is 2.59. The molecule has 0 unspecified atom stereocenters. The van der Waals surface area contributed by atoms with Crippen LogP contribution in [0.1, 0.15) is 49.4 Å². The molecule has 0 radical (unpaired) electrons. The minimum Gasteiger partial charge on any atom is -0.274 e. The lowest BCUT2D eigenvalue weighted by atomic mass is 9.51. The van der Waals surface area contributed by atoms with E-state index in [1.165, 1.54) is 37.9 Å². The summed E-state index contributed by atoms with van der Waals surface area (Å²) >= 11 is 14.0. The van der Waals surface area contributed by atoms with Crippen LogP contribution in [-0.2, 0) is 5.75 Å². The molecule has 1 heterocycles. The van der Waals surface area contributed by atoms with Gasteiger partial charge in [0.15, 0.2) is 5.16 Å². The summed E-state index contributed by atoms with van der Waals surface area (Å²) in [6, 6.07) is 16.5. The van der Waals surface area contributed by atoms with Gasteiger partial charge in [0.2, 0.25) is 0 Å². The average Bonchev–Trinajstić information content (AvgIpc) is 3.18. The third-order valence-electron chi connectivity index (χ3n) is 7.55. The molecule has 4 aliphatic carbocycles. The Labute approximate surface area is 197 Å². The van der Waals surface area contributed by atoms with Gasteiger partial charge in [-0.3, -0.25) is 4.57 Å². The van der Waals surface area contributed by atoms with Crippen molar-refractivity contribution >= 4 is 35.0 Å². The van der Waals surface area contributed by atoms with Gasteiger partial charge in [0.1, 0.15) is 5.82 Å². The van der Waals surface area contributed by atoms with E-state index in [0.29, 0.717) is 16.0 Å². The van der Waals surface area contributed by atoms with Crippen LogP contribution >= 0.6 is 35.0 Å². The predicted octanol–water partition coefficient (Wildman–Crippen LogP) is 7.41. The molecule has 0 spiro atoms. The van der Waals surface area contributed by atoms with Gasteiger partial charge in [0.25, 0.3) is 0 Å². The summed E-state index contributed by atoms with van der Waals surface area (Å²) in [6.07, 6.45) is 6.99. The zero-order valence-electron chi connectivity index (χ0n) is 17.3. The first-order valence-electron chi connectivity index (χ1n) is 11.2. The van der Waals surface area contributed by atoms with Crippen LogP contribution in [0.25, 0.3) is 5.69 Å². The second-order valence-corrected chi connectivity index (χ2v) is 11.3. The Morgan fingerprint density at radius 2 is 1.55 bits per heavy atom. The lowest BCUT2D eigenvalue weighted by molar-refractivity contribution is -0.00631. The molecule has 0 aliphatic heterocycles. The first-order valence-corrected chi connectivity index (χ1v) is 13.0. The molecule has 160 valence electrons. The standard InChI is InChI=1S/C25H25Cl2N3S/c26-21-7-6-15(13-22(21)27)14-31-25-29-28-24(30(25)20-4-2-1-3-5-20)23-18-9-16-8-17(11-18)12-19(23)10-16/h1-7,13,16-19,23H,8-12,14H2. The van der Waals surface area contributed by atoms with E-state index < -0.39 is 0 Å². The van der Waals surface area contributed by atoms with Crippen LogP contribution in [0.3, 0.4) is 0 Å². The molecule has 7 rings (SSSR count). The predicted molar refractivity (Wildman–Crippen MR) is 127 cm³/mol. The maximum Gasteiger partial charge on any atom is 0.196 e. The molecule has 0 N–H and O–H groups in total. The molecular formula is C25H25Cl2N3S. The van der Waals surface area contributed by atoms with E-state index in [4.69, 9.17) is 33.4 Å². The molecule has 2 aromatic carbocycles. The highest BCUT2D eigenvalue weighted by atomic mass is 35.5. The zero-order valence-corrected chi connectivity index (χ0v) is 19.6. The minimum atomic E-state index is 0.542. The number of para-hydroxylation sites is 1. The number of rotatable bonds is 5. The van der Waals surface area contributed by atoms with Crippen molar-refractivity contribution in [3.05, 3.63) is 70.0 Å². The Hall–Kier alpha value is -1.49. The molecule has 4 bridgehead atoms. The maximum atomic E-state index is 6.22. The molecular weight excluding hydrogens is 445 g/mol. The quantitative estimate of drug-likeness (QED) is 0.364. The van der Waals surface area contributed by atoms with E-state index in [1.807, 2.05) is 18.2 Å². The lowest BCUT2D eigenvalue weighted by Gasteiger charge is -2.54. The number of aromatic nitrogens is 3. The Bertz CT molecular complexity index is 1070. The fourth-order valence-electron chi connectivity index (χ4n) is 6.53. The summed E-state index contributed by atoms with van der Waals surface area (Å²) in [5.41, 5.74) is 2.30. The second-order valence-electron chi connectivity index (χ2n) is 9.51. The number of thioether (sulfide) groups is 1. The molecule has 0 amide bonds. The Balaban J connectivity index is 1.35. The number of hydrogen-bond acceptors (Lipinski definition) is 3. The van der Waals surface area contributed by atoms with Crippen LogP contribution in [0, 0.1) is 23.7 Å². The van der Waals surface area contributed by atoms with Gasteiger partial charge in [-0.25, -0.2) is 0 Å². The fraction of sp³-hybridized carbons (Fsp3) is 0.440. The highest BCUT2D eigenvalue weighted by molar-refractivity contribution is 7.98. The molecule has 1 aromatic heterocycles. The number of hydrogen-bond donors (Lipinski definition) is 0. The smallest absolute Gasteiger partial charge is 0.196 e. The van der Waals surface area contributed by atoms with Crippen molar-refractivity contribution in [1.29, 1.82) is 0 Å². The van der Waals surface area contributed by atoms with E-state index in [2.05, 4.69) is 34.9 Å². The van der Waals surface area contributed by atoms with Crippen LogP contribution in [0.15, 0.2) is 53.7 Å². The van der Waals surface area contributed by atoms with E-state index in [9.17, 15) is 0 Å².